The van der Waals surface area contributed by atoms with Crippen molar-refractivity contribution in [1.29, 1.82) is 5.26 Å². The number of aromatic amines is 1. The molecule has 5 nitrogen and oxygen atoms in total. The molecule has 108 valence electrons. The molecular formula is C16H16N2O3. The van der Waals surface area contributed by atoms with Crippen molar-refractivity contribution >= 4 is 0 Å². The van der Waals surface area contributed by atoms with Crippen LogP contribution in [0.3, 0.4) is 0 Å². The summed E-state index contributed by atoms with van der Waals surface area (Å²) < 4.78 is 10.5. The van der Waals surface area contributed by atoms with Gasteiger partial charge in [-0.25, -0.2) is 0 Å². The van der Waals surface area contributed by atoms with Gasteiger partial charge in [0.05, 0.1) is 6.61 Å². The molecule has 1 aromatic heterocycles. The monoisotopic (exact) mass is 284 g/mol. The number of pyridine rings is 1. The third-order valence-corrected chi connectivity index (χ3v) is 2.98. The van der Waals surface area contributed by atoms with E-state index in [1.807, 2.05) is 30.3 Å². The van der Waals surface area contributed by atoms with Crippen molar-refractivity contribution in [2.75, 3.05) is 20.3 Å². The lowest BCUT2D eigenvalue weighted by molar-refractivity contribution is 0.146. The van der Waals surface area contributed by atoms with Gasteiger partial charge in [-0.05, 0) is 30.7 Å². The van der Waals surface area contributed by atoms with Gasteiger partial charge >= 0.3 is 0 Å². The van der Waals surface area contributed by atoms with Crippen molar-refractivity contribution in [3.8, 4) is 22.9 Å². The molecule has 0 fully saturated rings. The zero-order valence-electron chi connectivity index (χ0n) is 12.0. The number of nitriles is 1. The van der Waals surface area contributed by atoms with Gasteiger partial charge in [0, 0.05) is 18.4 Å². The van der Waals surface area contributed by atoms with E-state index in [1.165, 1.54) is 0 Å². The summed E-state index contributed by atoms with van der Waals surface area (Å²) in [5, 5.41) is 9.18. The molecule has 1 aromatic carbocycles. The fourth-order valence-corrected chi connectivity index (χ4v) is 2.02. The minimum absolute atomic E-state index is 0.106. The molecule has 1 N–H and O–H groups in total. The molecule has 2 aromatic rings. The molecule has 0 aliphatic carbocycles. The van der Waals surface area contributed by atoms with Gasteiger partial charge in [-0.3, -0.25) is 4.79 Å². The van der Waals surface area contributed by atoms with Gasteiger partial charge in [0.1, 0.15) is 24.0 Å². The Bertz CT molecular complexity index is 729. The summed E-state index contributed by atoms with van der Waals surface area (Å²) in [5.74, 6) is 0.673. The number of hydrogen-bond donors (Lipinski definition) is 1. The molecule has 0 spiro atoms. The lowest BCUT2D eigenvalue weighted by Gasteiger charge is -2.09. The number of ether oxygens (including phenoxy) is 2. The van der Waals surface area contributed by atoms with E-state index < -0.39 is 0 Å². The molecule has 0 atom stereocenters. The predicted molar refractivity (Wildman–Crippen MR) is 79.3 cm³/mol. The summed E-state index contributed by atoms with van der Waals surface area (Å²) >= 11 is 0. The van der Waals surface area contributed by atoms with Crippen molar-refractivity contribution in [3.05, 3.63) is 51.9 Å². The molecule has 0 bridgehead atoms. The number of benzene rings is 1. The number of rotatable bonds is 5. The summed E-state index contributed by atoms with van der Waals surface area (Å²) in [7, 11) is 1.61. The minimum atomic E-state index is -0.377. The molecule has 0 saturated heterocycles. The summed E-state index contributed by atoms with van der Waals surface area (Å²) in [4.78, 5) is 14.5. The van der Waals surface area contributed by atoms with E-state index in [0.29, 0.717) is 30.2 Å². The van der Waals surface area contributed by atoms with E-state index in [4.69, 9.17) is 9.47 Å². The predicted octanol–water partition coefficient (Wildman–Crippen LogP) is 2.25. The minimum Gasteiger partial charge on any atom is -0.491 e. The maximum absolute atomic E-state index is 11.8. The quantitative estimate of drug-likeness (QED) is 0.854. The largest absolute Gasteiger partial charge is 0.491 e. The highest BCUT2D eigenvalue weighted by Gasteiger charge is 2.10. The molecule has 1 heterocycles. The summed E-state index contributed by atoms with van der Waals surface area (Å²) in [6, 6.07) is 11.1. The molecule has 21 heavy (non-hydrogen) atoms. The number of aromatic nitrogens is 1. The van der Waals surface area contributed by atoms with Gasteiger partial charge in [-0.15, -0.1) is 0 Å². The Kier molecular flexibility index (Phi) is 4.75. The first-order chi connectivity index (χ1) is 10.2. The first-order valence-electron chi connectivity index (χ1n) is 6.52. The second-order valence-corrected chi connectivity index (χ2v) is 4.55. The second-order valence-electron chi connectivity index (χ2n) is 4.55. The Morgan fingerprint density at radius 1 is 1.29 bits per heavy atom. The number of H-pyrrole nitrogens is 1. The average molecular weight is 284 g/mol. The Morgan fingerprint density at radius 2 is 2.10 bits per heavy atom. The fourth-order valence-electron chi connectivity index (χ4n) is 2.02. The van der Waals surface area contributed by atoms with Crippen molar-refractivity contribution in [3.63, 3.8) is 0 Å². The zero-order valence-corrected chi connectivity index (χ0v) is 12.0. The third-order valence-electron chi connectivity index (χ3n) is 2.98. The number of aryl methyl sites for hydroxylation is 1. The van der Waals surface area contributed by atoms with Gasteiger partial charge in [-0.2, -0.15) is 5.26 Å². The van der Waals surface area contributed by atoms with E-state index in [2.05, 4.69) is 4.98 Å². The van der Waals surface area contributed by atoms with Crippen molar-refractivity contribution < 1.29 is 9.47 Å². The van der Waals surface area contributed by atoms with Gasteiger partial charge < -0.3 is 14.5 Å². The van der Waals surface area contributed by atoms with Gasteiger partial charge in [0.15, 0.2) is 0 Å². The standard InChI is InChI=1S/C16H16N2O3/c1-11-8-14(15(10-17)16(19)18-11)12-4-3-5-13(9-12)21-7-6-20-2/h3-5,8-9H,6-7H2,1-2H3,(H,18,19). The van der Waals surface area contributed by atoms with Crippen molar-refractivity contribution in [2.24, 2.45) is 0 Å². The van der Waals surface area contributed by atoms with Crippen LogP contribution in [-0.2, 0) is 4.74 Å². The zero-order chi connectivity index (χ0) is 15.2. The lowest BCUT2D eigenvalue weighted by Crippen LogP contribution is -2.12. The lowest BCUT2D eigenvalue weighted by atomic mass is 10.0. The maximum Gasteiger partial charge on any atom is 0.266 e. The molecule has 5 heteroatoms. The maximum atomic E-state index is 11.8. The first-order valence-corrected chi connectivity index (χ1v) is 6.52. The molecule has 0 amide bonds. The number of nitrogens with zero attached hydrogens (tertiary/aromatic N) is 1. The molecular weight excluding hydrogens is 268 g/mol. The smallest absolute Gasteiger partial charge is 0.266 e. The topological polar surface area (TPSA) is 75.1 Å². The summed E-state index contributed by atoms with van der Waals surface area (Å²) in [6.07, 6.45) is 0. The number of methoxy groups -OCH3 is 1. The van der Waals surface area contributed by atoms with Crippen LogP contribution in [0.5, 0.6) is 5.75 Å². The van der Waals surface area contributed by atoms with Crippen LogP contribution < -0.4 is 10.3 Å². The second kappa shape index (κ2) is 6.73. The Balaban J connectivity index is 2.41. The van der Waals surface area contributed by atoms with Crippen LogP contribution in [0.15, 0.2) is 35.1 Å². The molecule has 0 aliphatic rings. The summed E-state index contributed by atoms with van der Waals surface area (Å²) in [5.41, 5.74) is 1.82. The molecule has 0 radical (unpaired) electrons. The number of hydrogen-bond acceptors (Lipinski definition) is 4. The third kappa shape index (κ3) is 3.50. The first kappa shape index (κ1) is 14.8. The van der Waals surface area contributed by atoms with Crippen LogP contribution in [0.1, 0.15) is 11.3 Å². The van der Waals surface area contributed by atoms with E-state index in [9.17, 15) is 10.1 Å². The highest BCUT2D eigenvalue weighted by Crippen LogP contribution is 2.25. The highest BCUT2D eigenvalue weighted by molar-refractivity contribution is 5.71. The SMILES string of the molecule is COCCOc1cccc(-c2cc(C)[nH]c(=O)c2C#N)c1. The number of nitrogens with one attached hydrogen (secondary N) is 1. The average Bonchev–Trinajstić information content (AvgIpc) is 2.47. The van der Waals surface area contributed by atoms with E-state index in [-0.39, 0.29) is 11.1 Å². The van der Waals surface area contributed by atoms with Crippen LogP contribution >= 0.6 is 0 Å². The van der Waals surface area contributed by atoms with Gasteiger partial charge in [-0.1, -0.05) is 12.1 Å². The van der Waals surface area contributed by atoms with E-state index in [0.717, 1.165) is 5.56 Å². The van der Waals surface area contributed by atoms with Crippen molar-refractivity contribution in [1.82, 2.24) is 4.98 Å². The van der Waals surface area contributed by atoms with Gasteiger partial charge in [0.25, 0.3) is 5.56 Å². The summed E-state index contributed by atoms with van der Waals surface area (Å²) in [6.45, 7) is 2.72. The highest BCUT2D eigenvalue weighted by atomic mass is 16.5. The normalized spacial score (nSPS) is 10.1. The van der Waals surface area contributed by atoms with E-state index >= 15 is 0 Å². The Labute approximate surface area is 122 Å². The molecule has 0 unspecified atom stereocenters. The van der Waals surface area contributed by atoms with Gasteiger partial charge in [0.2, 0.25) is 0 Å². The fraction of sp³-hybridized carbons (Fsp3) is 0.250. The van der Waals surface area contributed by atoms with Crippen LogP contribution in [0, 0.1) is 18.3 Å². The molecule has 0 aliphatic heterocycles. The van der Waals surface area contributed by atoms with Crippen LogP contribution in [-0.4, -0.2) is 25.3 Å². The van der Waals surface area contributed by atoms with Crippen molar-refractivity contribution in [2.45, 2.75) is 6.92 Å². The van der Waals surface area contributed by atoms with E-state index in [1.54, 1.807) is 20.1 Å². The molecule has 0 saturated carbocycles. The molecule has 2 rings (SSSR count). The Hall–Kier alpha value is -2.58. The van der Waals surface area contributed by atoms with Crippen LogP contribution in [0.4, 0.5) is 0 Å². The Morgan fingerprint density at radius 3 is 2.81 bits per heavy atom. The van der Waals surface area contributed by atoms with Crippen LogP contribution in [0.2, 0.25) is 0 Å². The van der Waals surface area contributed by atoms with Crippen LogP contribution in [0.25, 0.3) is 11.1 Å².